The highest BCUT2D eigenvalue weighted by molar-refractivity contribution is 5.80. The van der Waals surface area contributed by atoms with Gasteiger partial charge in [-0.05, 0) is 13.0 Å². The molecule has 0 aliphatic heterocycles. The molecule has 0 fully saturated rings. The van der Waals surface area contributed by atoms with Gasteiger partial charge in [0.2, 0.25) is 0 Å². The van der Waals surface area contributed by atoms with Crippen molar-refractivity contribution in [1.82, 2.24) is 10.2 Å². The molecule has 0 bridgehead atoms. The second kappa shape index (κ2) is 18.1. The molecule has 1 atom stereocenters. The number of unbranched alkanes of at least 4 members (excludes halogenated alkanes) is 2. The molecule has 0 aliphatic rings. The van der Waals surface area contributed by atoms with Crippen molar-refractivity contribution in [2.24, 2.45) is 0 Å². The fourth-order valence-corrected chi connectivity index (χ4v) is 1.83. The van der Waals surface area contributed by atoms with Crippen LogP contribution in [0.5, 0.6) is 0 Å². The lowest BCUT2D eigenvalue weighted by Gasteiger charge is -2.17. The average molecular weight is 352 g/mol. The molecule has 0 aromatic heterocycles. The van der Waals surface area contributed by atoms with Crippen molar-refractivity contribution in [3.8, 4) is 0 Å². The number of aliphatic hydroxyl groups is 3. The third-order valence-corrected chi connectivity index (χ3v) is 3.10. The van der Waals surface area contributed by atoms with Gasteiger partial charge in [0.25, 0.3) is 0 Å². The predicted octanol–water partition coefficient (Wildman–Crippen LogP) is -1.04. The summed E-state index contributed by atoms with van der Waals surface area (Å²) in [6.45, 7) is 4.35. The smallest absolute Gasteiger partial charge is 0.321 e. The van der Waals surface area contributed by atoms with Crippen molar-refractivity contribution in [1.29, 1.82) is 0 Å². The van der Waals surface area contributed by atoms with Crippen LogP contribution in [-0.2, 0) is 9.59 Å². The van der Waals surface area contributed by atoms with Crippen LogP contribution in [0, 0.1) is 0 Å². The Kier molecular flexibility index (Phi) is 18.8. The summed E-state index contributed by atoms with van der Waals surface area (Å²) in [6.07, 6.45) is 2.58. The van der Waals surface area contributed by atoms with Crippen molar-refractivity contribution in [2.45, 2.75) is 38.6 Å². The Labute approximate surface area is 142 Å². The highest BCUT2D eigenvalue weighted by Crippen LogP contribution is 1.96. The van der Waals surface area contributed by atoms with Gasteiger partial charge in [-0.1, -0.05) is 19.8 Å². The van der Waals surface area contributed by atoms with Crippen LogP contribution in [-0.4, -0.2) is 94.4 Å². The first-order valence-electron chi connectivity index (χ1n) is 8.15. The second-order valence-electron chi connectivity index (χ2n) is 5.16. The summed E-state index contributed by atoms with van der Waals surface area (Å²) in [7, 11) is 0. The third kappa shape index (κ3) is 17.1. The second-order valence-corrected chi connectivity index (χ2v) is 5.16. The molecule has 0 aromatic carbocycles. The molecule has 1 unspecified atom stereocenters. The Morgan fingerprint density at radius 3 is 1.79 bits per heavy atom. The van der Waals surface area contributed by atoms with Crippen LogP contribution in [0.1, 0.15) is 32.6 Å². The maximum Gasteiger partial charge on any atom is 0.321 e. The van der Waals surface area contributed by atoms with Gasteiger partial charge in [0.1, 0.15) is 6.04 Å². The van der Waals surface area contributed by atoms with E-state index in [1.807, 2.05) is 6.92 Å². The van der Waals surface area contributed by atoms with Gasteiger partial charge in [-0.2, -0.15) is 0 Å². The number of aliphatic carboxylic acids is 2. The zero-order valence-corrected chi connectivity index (χ0v) is 14.4. The molecular formula is C15H32N2O7. The Balaban J connectivity index is 0. The zero-order chi connectivity index (χ0) is 18.8. The van der Waals surface area contributed by atoms with Crippen LogP contribution < -0.4 is 5.32 Å². The fourth-order valence-electron chi connectivity index (χ4n) is 1.83. The van der Waals surface area contributed by atoms with E-state index in [1.165, 1.54) is 0 Å². The van der Waals surface area contributed by atoms with E-state index in [2.05, 4.69) is 5.32 Å². The number of carbonyl (C=O) groups is 2. The molecule has 0 rings (SSSR count). The van der Waals surface area contributed by atoms with E-state index in [4.69, 9.17) is 25.5 Å². The summed E-state index contributed by atoms with van der Waals surface area (Å²) in [5, 5.41) is 45.2. The summed E-state index contributed by atoms with van der Waals surface area (Å²) in [6, 6.07) is -0.968. The molecule has 9 nitrogen and oxygen atoms in total. The summed E-state index contributed by atoms with van der Waals surface area (Å²) in [4.78, 5) is 22.7. The molecule has 0 saturated heterocycles. The number of rotatable bonds is 14. The molecular weight excluding hydrogens is 320 g/mol. The van der Waals surface area contributed by atoms with Gasteiger partial charge in [-0.3, -0.25) is 14.5 Å². The number of hydrogen-bond donors (Lipinski definition) is 6. The topological polar surface area (TPSA) is 151 Å². The normalized spacial score (nSPS) is 11.7. The van der Waals surface area contributed by atoms with Crippen LogP contribution in [0.4, 0.5) is 0 Å². The zero-order valence-electron chi connectivity index (χ0n) is 14.4. The van der Waals surface area contributed by atoms with Gasteiger partial charge in [-0.25, -0.2) is 0 Å². The fraction of sp³-hybridized carbons (Fsp3) is 0.867. The molecule has 0 saturated carbocycles. The Hall–Kier alpha value is -1.26. The van der Waals surface area contributed by atoms with Crippen LogP contribution in [0.3, 0.4) is 0 Å². The largest absolute Gasteiger partial charge is 0.481 e. The maximum atomic E-state index is 10.6. The van der Waals surface area contributed by atoms with E-state index in [1.54, 1.807) is 4.90 Å². The maximum absolute atomic E-state index is 10.6. The highest BCUT2D eigenvalue weighted by atomic mass is 16.4. The SMILES string of the molecule is CCCCCNC(CC(=O)O)C(=O)O.OCCN(CCO)CCO. The first-order chi connectivity index (χ1) is 11.4. The molecule has 0 radical (unpaired) electrons. The minimum absolute atomic E-state index is 0.0694. The van der Waals surface area contributed by atoms with E-state index >= 15 is 0 Å². The molecule has 9 heteroatoms. The minimum Gasteiger partial charge on any atom is -0.481 e. The van der Waals surface area contributed by atoms with Gasteiger partial charge in [0, 0.05) is 19.6 Å². The van der Waals surface area contributed by atoms with Crippen molar-refractivity contribution in [2.75, 3.05) is 46.0 Å². The lowest BCUT2D eigenvalue weighted by atomic mass is 10.2. The molecule has 0 aromatic rings. The Morgan fingerprint density at radius 2 is 1.46 bits per heavy atom. The lowest BCUT2D eigenvalue weighted by molar-refractivity contribution is -0.145. The average Bonchev–Trinajstić information content (AvgIpc) is 2.51. The molecule has 0 heterocycles. The first-order valence-corrected chi connectivity index (χ1v) is 8.15. The standard InChI is InChI=1S/C9H17NO4.C6H15NO3/c1-2-3-4-5-10-7(9(13)14)6-8(11)12;8-4-1-7(2-5-9)3-6-10/h7,10H,2-6H2,1H3,(H,11,12)(H,13,14);8-10H,1-6H2. The first kappa shape index (κ1) is 25.0. The van der Waals surface area contributed by atoms with Crippen molar-refractivity contribution in [3.63, 3.8) is 0 Å². The summed E-state index contributed by atoms with van der Waals surface area (Å²) >= 11 is 0. The van der Waals surface area contributed by atoms with E-state index in [0.29, 0.717) is 26.2 Å². The Morgan fingerprint density at radius 1 is 0.958 bits per heavy atom. The van der Waals surface area contributed by atoms with E-state index in [-0.39, 0.29) is 26.2 Å². The third-order valence-electron chi connectivity index (χ3n) is 3.10. The van der Waals surface area contributed by atoms with Gasteiger partial charge < -0.3 is 30.8 Å². The Bertz CT molecular complexity index is 302. The summed E-state index contributed by atoms with van der Waals surface area (Å²) in [5.74, 6) is -2.20. The van der Waals surface area contributed by atoms with E-state index in [0.717, 1.165) is 19.3 Å². The number of carboxylic acids is 2. The predicted molar refractivity (Wildman–Crippen MR) is 88.9 cm³/mol. The lowest BCUT2D eigenvalue weighted by Crippen LogP contribution is -2.39. The highest BCUT2D eigenvalue weighted by Gasteiger charge is 2.19. The van der Waals surface area contributed by atoms with E-state index in [9.17, 15) is 9.59 Å². The van der Waals surface area contributed by atoms with Crippen molar-refractivity contribution >= 4 is 11.9 Å². The van der Waals surface area contributed by atoms with Crippen LogP contribution in [0.25, 0.3) is 0 Å². The molecule has 0 spiro atoms. The van der Waals surface area contributed by atoms with Crippen LogP contribution >= 0.6 is 0 Å². The minimum atomic E-state index is -1.11. The van der Waals surface area contributed by atoms with Gasteiger partial charge in [-0.15, -0.1) is 0 Å². The van der Waals surface area contributed by atoms with Crippen molar-refractivity contribution < 1.29 is 35.1 Å². The molecule has 0 amide bonds. The van der Waals surface area contributed by atoms with Gasteiger partial charge in [0.15, 0.2) is 0 Å². The van der Waals surface area contributed by atoms with Gasteiger partial charge >= 0.3 is 11.9 Å². The monoisotopic (exact) mass is 352 g/mol. The molecule has 24 heavy (non-hydrogen) atoms. The van der Waals surface area contributed by atoms with Crippen molar-refractivity contribution in [3.05, 3.63) is 0 Å². The number of hydrogen-bond acceptors (Lipinski definition) is 7. The molecule has 144 valence electrons. The quantitative estimate of drug-likeness (QED) is 0.215. The molecule has 0 aliphatic carbocycles. The number of nitrogens with zero attached hydrogens (tertiary/aromatic N) is 1. The number of aliphatic hydroxyl groups excluding tert-OH is 3. The van der Waals surface area contributed by atoms with E-state index < -0.39 is 18.0 Å². The number of nitrogens with one attached hydrogen (secondary N) is 1. The van der Waals surface area contributed by atoms with Gasteiger partial charge in [0.05, 0.1) is 26.2 Å². The summed E-state index contributed by atoms with van der Waals surface area (Å²) < 4.78 is 0. The van der Waals surface area contributed by atoms with Crippen LogP contribution in [0.15, 0.2) is 0 Å². The van der Waals surface area contributed by atoms with Crippen LogP contribution in [0.2, 0.25) is 0 Å². The molecule has 6 N–H and O–H groups in total. The summed E-state index contributed by atoms with van der Waals surface area (Å²) in [5.41, 5.74) is 0. The number of carboxylic acid groups (broad SMARTS) is 2.